The second kappa shape index (κ2) is 3.49. The maximum Gasteiger partial charge on any atom is 0.168 e. The first-order valence-electron chi connectivity index (χ1n) is 3.60. The van der Waals surface area contributed by atoms with Gasteiger partial charge >= 0.3 is 0 Å². The second-order valence-corrected chi connectivity index (χ2v) is 3.02. The maximum absolute atomic E-state index is 5.35. The Labute approximate surface area is 77.0 Å². The zero-order valence-corrected chi connectivity index (χ0v) is 7.90. The highest BCUT2D eigenvalue weighted by atomic mass is 32.1. The molecule has 0 bridgehead atoms. The molecule has 0 aromatic carbocycles. The third kappa shape index (κ3) is 1.92. The summed E-state index contributed by atoms with van der Waals surface area (Å²) in [6.45, 7) is 3.89. The van der Waals surface area contributed by atoms with Gasteiger partial charge in [-0.15, -0.1) is 0 Å². The highest BCUT2D eigenvalue weighted by Gasteiger charge is 2.02. The van der Waals surface area contributed by atoms with Crippen LogP contribution in [0, 0.1) is 13.8 Å². The van der Waals surface area contributed by atoms with Crippen molar-refractivity contribution in [3.8, 4) is 0 Å². The third-order valence-corrected chi connectivity index (χ3v) is 1.70. The summed E-state index contributed by atoms with van der Waals surface area (Å²) in [4.78, 5) is 4.12. The van der Waals surface area contributed by atoms with E-state index in [2.05, 4.69) is 10.3 Å². The Balaban J connectivity index is 3.04. The summed E-state index contributed by atoms with van der Waals surface area (Å²) in [6.07, 6.45) is 1.76. The van der Waals surface area contributed by atoms with E-state index in [1.807, 2.05) is 19.9 Å². The lowest BCUT2D eigenvalue weighted by atomic mass is 10.2. The molecule has 0 aliphatic heterocycles. The molecule has 0 unspecified atom stereocenters. The van der Waals surface area contributed by atoms with Crippen molar-refractivity contribution < 1.29 is 0 Å². The number of hydrogen-bond donors (Lipinski definition) is 2. The van der Waals surface area contributed by atoms with Crippen molar-refractivity contribution in [1.82, 2.24) is 4.98 Å². The number of nitrogens with one attached hydrogen (secondary N) is 1. The number of rotatable bonds is 1. The number of nitrogens with two attached hydrogens (primary N) is 1. The predicted octanol–water partition coefficient (Wildman–Crippen LogP) is 1.35. The quantitative estimate of drug-likeness (QED) is 0.642. The Morgan fingerprint density at radius 1 is 1.58 bits per heavy atom. The van der Waals surface area contributed by atoms with E-state index in [0.717, 1.165) is 16.9 Å². The number of thiocarbonyl (C=S) groups is 1. The Morgan fingerprint density at radius 3 is 2.75 bits per heavy atom. The average Bonchev–Trinajstić information content (AvgIpc) is 1.97. The van der Waals surface area contributed by atoms with Crippen molar-refractivity contribution in [2.75, 3.05) is 5.32 Å². The molecule has 0 saturated heterocycles. The molecule has 0 aliphatic rings. The van der Waals surface area contributed by atoms with E-state index in [1.165, 1.54) is 0 Å². The number of pyridine rings is 1. The van der Waals surface area contributed by atoms with Crippen LogP contribution in [0.5, 0.6) is 0 Å². The van der Waals surface area contributed by atoms with Gasteiger partial charge in [0.05, 0.1) is 11.4 Å². The normalized spacial score (nSPS) is 9.50. The largest absolute Gasteiger partial charge is 0.376 e. The van der Waals surface area contributed by atoms with Crippen LogP contribution >= 0.6 is 12.2 Å². The van der Waals surface area contributed by atoms with Gasteiger partial charge in [-0.3, -0.25) is 4.98 Å². The highest BCUT2D eigenvalue weighted by Crippen LogP contribution is 2.16. The topological polar surface area (TPSA) is 50.9 Å². The minimum absolute atomic E-state index is 0.272. The van der Waals surface area contributed by atoms with Crippen molar-refractivity contribution in [1.29, 1.82) is 0 Å². The van der Waals surface area contributed by atoms with Gasteiger partial charge < -0.3 is 11.1 Å². The van der Waals surface area contributed by atoms with Crippen LogP contribution in [-0.4, -0.2) is 10.1 Å². The number of anilines is 1. The van der Waals surface area contributed by atoms with Crippen LogP contribution in [0.2, 0.25) is 0 Å². The zero-order valence-electron chi connectivity index (χ0n) is 7.09. The third-order valence-electron chi connectivity index (χ3n) is 1.60. The van der Waals surface area contributed by atoms with Crippen molar-refractivity contribution in [3.05, 3.63) is 23.5 Å². The summed E-state index contributed by atoms with van der Waals surface area (Å²) < 4.78 is 0. The van der Waals surface area contributed by atoms with E-state index in [1.54, 1.807) is 6.20 Å². The van der Waals surface area contributed by atoms with Crippen LogP contribution in [-0.2, 0) is 0 Å². The van der Waals surface area contributed by atoms with Gasteiger partial charge in [0.2, 0.25) is 0 Å². The van der Waals surface area contributed by atoms with Crippen molar-refractivity contribution in [3.63, 3.8) is 0 Å². The second-order valence-electron chi connectivity index (χ2n) is 2.58. The van der Waals surface area contributed by atoms with Gasteiger partial charge in [-0.25, -0.2) is 0 Å². The minimum atomic E-state index is 0.272. The van der Waals surface area contributed by atoms with Gasteiger partial charge in [-0.2, -0.15) is 0 Å². The van der Waals surface area contributed by atoms with E-state index in [4.69, 9.17) is 18.0 Å². The van der Waals surface area contributed by atoms with Gasteiger partial charge in [-0.1, -0.05) is 0 Å². The fraction of sp³-hybridized carbons (Fsp3) is 0.250. The van der Waals surface area contributed by atoms with Gasteiger partial charge in [0, 0.05) is 6.20 Å². The van der Waals surface area contributed by atoms with Crippen molar-refractivity contribution in [2.24, 2.45) is 5.73 Å². The molecule has 0 saturated carbocycles. The summed E-state index contributed by atoms with van der Waals surface area (Å²) in [7, 11) is 0. The first kappa shape index (κ1) is 8.93. The summed E-state index contributed by atoms with van der Waals surface area (Å²) in [5.41, 5.74) is 8.26. The molecule has 1 aromatic heterocycles. The summed E-state index contributed by atoms with van der Waals surface area (Å²) >= 11 is 4.74. The predicted molar refractivity (Wildman–Crippen MR) is 54.1 cm³/mol. The highest BCUT2D eigenvalue weighted by molar-refractivity contribution is 7.80. The molecule has 1 heterocycles. The first-order valence-corrected chi connectivity index (χ1v) is 4.00. The number of aromatic nitrogens is 1. The van der Waals surface area contributed by atoms with Crippen LogP contribution in [0.25, 0.3) is 0 Å². The van der Waals surface area contributed by atoms with Crippen molar-refractivity contribution >= 4 is 23.0 Å². The lowest BCUT2D eigenvalue weighted by molar-refractivity contribution is 1.18. The Kier molecular flexibility index (Phi) is 2.60. The van der Waals surface area contributed by atoms with Crippen LogP contribution in [0.1, 0.15) is 11.3 Å². The first-order chi connectivity index (χ1) is 5.61. The standard InChI is InChI=1S/C8H11N3S/c1-5-3-4-10-6(2)7(5)11-8(9)12/h3-4H,1-2H3,(H3,9,11,12). The molecule has 3 nitrogen and oxygen atoms in total. The SMILES string of the molecule is Cc1ccnc(C)c1NC(N)=S. The molecule has 12 heavy (non-hydrogen) atoms. The van der Waals surface area contributed by atoms with Gasteiger partial charge in [0.25, 0.3) is 0 Å². The molecule has 0 aliphatic carbocycles. The number of hydrogen-bond acceptors (Lipinski definition) is 2. The molecular weight excluding hydrogens is 170 g/mol. The van der Waals surface area contributed by atoms with E-state index in [0.29, 0.717) is 0 Å². The lowest BCUT2D eigenvalue weighted by Gasteiger charge is -2.09. The Morgan fingerprint density at radius 2 is 2.25 bits per heavy atom. The fourth-order valence-electron chi connectivity index (χ4n) is 1.01. The summed E-state index contributed by atoms with van der Waals surface area (Å²) in [5.74, 6) is 0. The van der Waals surface area contributed by atoms with Crippen molar-refractivity contribution in [2.45, 2.75) is 13.8 Å². The van der Waals surface area contributed by atoms with E-state index < -0.39 is 0 Å². The van der Waals surface area contributed by atoms with E-state index in [-0.39, 0.29) is 5.11 Å². The molecule has 0 atom stereocenters. The zero-order chi connectivity index (χ0) is 9.14. The molecule has 1 rings (SSSR count). The Hall–Kier alpha value is -1.16. The lowest BCUT2D eigenvalue weighted by Crippen LogP contribution is -2.20. The molecule has 4 heteroatoms. The van der Waals surface area contributed by atoms with Gasteiger partial charge in [-0.05, 0) is 37.7 Å². The molecule has 0 amide bonds. The van der Waals surface area contributed by atoms with E-state index >= 15 is 0 Å². The van der Waals surface area contributed by atoms with Crippen LogP contribution < -0.4 is 11.1 Å². The smallest absolute Gasteiger partial charge is 0.168 e. The monoisotopic (exact) mass is 181 g/mol. The van der Waals surface area contributed by atoms with Crippen LogP contribution in [0.3, 0.4) is 0 Å². The van der Waals surface area contributed by atoms with E-state index in [9.17, 15) is 0 Å². The maximum atomic E-state index is 5.35. The molecular formula is C8H11N3S. The minimum Gasteiger partial charge on any atom is -0.376 e. The van der Waals surface area contributed by atoms with Gasteiger partial charge in [0.15, 0.2) is 5.11 Å². The molecule has 64 valence electrons. The molecule has 0 spiro atoms. The average molecular weight is 181 g/mol. The summed E-state index contributed by atoms with van der Waals surface area (Å²) in [5, 5.41) is 3.16. The number of nitrogens with zero attached hydrogens (tertiary/aromatic N) is 1. The molecule has 3 N–H and O–H groups in total. The number of aryl methyl sites for hydroxylation is 2. The van der Waals surface area contributed by atoms with Crippen LogP contribution in [0.15, 0.2) is 12.3 Å². The molecule has 1 aromatic rings. The Bertz CT molecular complexity index is 289. The van der Waals surface area contributed by atoms with Gasteiger partial charge in [0.1, 0.15) is 0 Å². The fourth-order valence-corrected chi connectivity index (χ4v) is 1.11. The molecule has 0 fully saturated rings. The molecule has 0 radical (unpaired) electrons. The summed E-state index contributed by atoms with van der Waals surface area (Å²) in [6, 6.07) is 1.91. The van der Waals surface area contributed by atoms with Crippen LogP contribution in [0.4, 0.5) is 5.69 Å².